The van der Waals surface area contributed by atoms with Gasteiger partial charge < -0.3 is 5.32 Å². The number of thioether (sulfide) groups is 1. The van der Waals surface area contributed by atoms with Crippen LogP contribution in [-0.2, 0) is 4.79 Å². The van der Waals surface area contributed by atoms with E-state index in [1.807, 2.05) is 30.3 Å². The van der Waals surface area contributed by atoms with Crippen LogP contribution < -0.4 is 5.32 Å². The van der Waals surface area contributed by atoms with E-state index in [1.165, 1.54) is 0 Å². The quantitative estimate of drug-likeness (QED) is 0.844. The second kappa shape index (κ2) is 5.40. The number of hydrogen-bond donors (Lipinski definition) is 1. The molecule has 1 amide bonds. The van der Waals surface area contributed by atoms with Crippen LogP contribution in [0.4, 0.5) is 0 Å². The van der Waals surface area contributed by atoms with E-state index in [1.54, 1.807) is 16.4 Å². The number of nitrogens with zero attached hydrogens (tertiary/aromatic N) is 4. The molecule has 0 saturated carbocycles. The lowest BCUT2D eigenvalue weighted by Gasteiger charge is -2.08. The minimum atomic E-state index is 0.133. The molecule has 0 bridgehead atoms. The Labute approximate surface area is 114 Å². The molecule has 1 aliphatic rings. The first-order chi connectivity index (χ1) is 9.33. The predicted octanol–water partition coefficient (Wildman–Crippen LogP) is 1.03. The van der Waals surface area contributed by atoms with Crippen LogP contribution in [0.1, 0.15) is 12.8 Å². The summed E-state index contributed by atoms with van der Waals surface area (Å²) in [7, 11) is 0. The Kier molecular flexibility index (Phi) is 3.45. The van der Waals surface area contributed by atoms with Gasteiger partial charge in [0.15, 0.2) is 0 Å². The second-order valence-corrected chi connectivity index (χ2v) is 5.31. The van der Waals surface area contributed by atoms with Gasteiger partial charge in [-0.15, -0.1) is 5.10 Å². The van der Waals surface area contributed by atoms with Gasteiger partial charge in [-0.2, -0.15) is 4.68 Å². The van der Waals surface area contributed by atoms with Crippen molar-refractivity contribution in [1.82, 2.24) is 25.5 Å². The maximum Gasteiger partial charge on any atom is 0.220 e. The molecule has 1 aromatic heterocycles. The van der Waals surface area contributed by atoms with Crippen LogP contribution in [-0.4, -0.2) is 37.9 Å². The van der Waals surface area contributed by atoms with E-state index in [9.17, 15) is 4.79 Å². The summed E-state index contributed by atoms with van der Waals surface area (Å²) in [6, 6.07) is 9.98. The molecule has 1 unspecified atom stereocenters. The number of carbonyl (C=O) groups is 1. The van der Waals surface area contributed by atoms with Crippen LogP contribution in [0.2, 0.25) is 0 Å². The van der Waals surface area contributed by atoms with Gasteiger partial charge in [-0.1, -0.05) is 30.0 Å². The number of hydrogen-bond acceptors (Lipinski definition) is 5. The molecule has 3 rings (SSSR count). The third-order valence-electron chi connectivity index (χ3n) is 2.94. The molecule has 1 saturated heterocycles. The smallest absolute Gasteiger partial charge is 0.220 e. The lowest BCUT2D eigenvalue weighted by Crippen LogP contribution is -2.27. The minimum Gasteiger partial charge on any atom is -0.353 e. The van der Waals surface area contributed by atoms with Crippen molar-refractivity contribution in [1.29, 1.82) is 0 Å². The molecule has 2 aromatic rings. The van der Waals surface area contributed by atoms with Crippen LogP contribution in [0, 0.1) is 0 Å². The monoisotopic (exact) mass is 275 g/mol. The van der Waals surface area contributed by atoms with Gasteiger partial charge in [-0.05, 0) is 29.0 Å². The van der Waals surface area contributed by atoms with Crippen molar-refractivity contribution < 1.29 is 4.79 Å². The average Bonchev–Trinajstić information content (AvgIpc) is 3.06. The van der Waals surface area contributed by atoms with Gasteiger partial charge in [-0.25, -0.2) is 0 Å². The Morgan fingerprint density at radius 3 is 2.95 bits per heavy atom. The lowest BCUT2D eigenvalue weighted by atomic mass is 10.2. The number of benzene rings is 1. The number of carbonyl (C=O) groups excluding carboxylic acids is 1. The van der Waals surface area contributed by atoms with Gasteiger partial charge in [0.2, 0.25) is 11.1 Å². The van der Waals surface area contributed by atoms with E-state index in [2.05, 4.69) is 20.8 Å². The fourth-order valence-electron chi connectivity index (χ4n) is 1.98. The Balaban J connectivity index is 1.69. The Bertz CT molecular complexity index is 571. The maximum absolute atomic E-state index is 11.1. The van der Waals surface area contributed by atoms with E-state index in [-0.39, 0.29) is 11.9 Å². The molecule has 19 heavy (non-hydrogen) atoms. The minimum absolute atomic E-state index is 0.133. The molecule has 1 fully saturated rings. The number of aromatic nitrogens is 4. The summed E-state index contributed by atoms with van der Waals surface area (Å²) >= 11 is 1.56. The summed E-state index contributed by atoms with van der Waals surface area (Å²) in [6.07, 6.45) is 1.51. The number of tetrazole rings is 1. The first kappa shape index (κ1) is 12.2. The topological polar surface area (TPSA) is 72.7 Å². The van der Waals surface area contributed by atoms with Crippen molar-refractivity contribution in [2.45, 2.75) is 24.0 Å². The van der Waals surface area contributed by atoms with Crippen LogP contribution in [0.5, 0.6) is 0 Å². The van der Waals surface area contributed by atoms with E-state index in [0.717, 1.165) is 23.0 Å². The SMILES string of the molecule is O=C1CCC(CSc2nnnn2-c2ccccc2)N1. The number of nitrogens with one attached hydrogen (secondary N) is 1. The molecule has 6 nitrogen and oxygen atoms in total. The fourth-order valence-corrected chi connectivity index (χ4v) is 2.94. The number of amides is 1. The van der Waals surface area contributed by atoms with Crippen LogP contribution >= 0.6 is 11.8 Å². The van der Waals surface area contributed by atoms with Crippen molar-refractivity contribution in [2.75, 3.05) is 5.75 Å². The zero-order valence-electron chi connectivity index (χ0n) is 10.2. The maximum atomic E-state index is 11.1. The van der Waals surface area contributed by atoms with Crippen LogP contribution in [0.15, 0.2) is 35.5 Å². The van der Waals surface area contributed by atoms with E-state index in [4.69, 9.17) is 0 Å². The van der Waals surface area contributed by atoms with Crippen molar-refractivity contribution in [3.63, 3.8) is 0 Å². The highest BCUT2D eigenvalue weighted by atomic mass is 32.2. The first-order valence-electron chi connectivity index (χ1n) is 6.09. The van der Waals surface area contributed by atoms with E-state index in [0.29, 0.717) is 6.42 Å². The summed E-state index contributed by atoms with van der Waals surface area (Å²) in [6.45, 7) is 0. The Morgan fingerprint density at radius 2 is 2.21 bits per heavy atom. The first-order valence-corrected chi connectivity index (χ1v) is 7.07. The number of para-hydroxylation sites is 1. The molecular formula is C12H13N5OS. The van der Waals surface area contributed by atoms with Gasteiger partial charge in [0.1, 0.15) is 0 Å². The van der Waals surface area contributed by atoms with Gasteiger partial charge in [0, 0.05) is 18.2 Å². The fraction of sp³-hybridized carbons (Fsp3) is 0.333. The van der Waals surface area contributed by atoms with Gasteiger partial charge >= 0.3 is 0 Å². The molecule has 1 atom stereocenters. The Morgan fingerprint density at radius 1 is 1.37 bits per heavy atom. The molecule has 0 aliphatic carbocycles. The molecule has 98 valence electrons. The highest BCUT2D eigenvalue weighted by Gasteiger charge is 2.21. The van der Waals surface area contributed by atoms with E-state index < -0.39 is 0 Å². The van der Waals surface area contributed by atoms with Crippen molar-refractivity contribution in [3.8, 4) is 5.69 Å². The predicted molar refractivity (Wildman–Crippen MR) is 71.0 cm³/mol. The summed E-state index contributed by atoms with van der Waals surface area (Å²) in [5, 5.41) is 15.4. The zero-order chi connectivity index (χ0) is 13.1. The van der Waals surface area contributed by atoms with Crippen LogP contribution in [0.25, 0.3) is 5.69 Å². The van der Waals surface area contributed by atoms with Crippen molar-refractivity contribution in [2.24, 2.45) is 0 Å². The molecule has 2 heterocycles. The normalized spacial score (nSPS) is 18.5. The second-order valence-electron chi connectivity index (χ2n) is 4.32. The summed E-state index contributed by atoms with van der Waals surface area (Å²) < 4.78 is 1.71. The molecule has 0 spiro atoms. The molecular weight excluding hydrogens is 262 g/mol. The van der Waals surface area contributed by atoms with E-state index >= 15 is 0 Å². The van der Waals surface area contributed by atoms with Gasteiger partial charge in [0.25, 0.3) is 0 Å². The third-order valence-corrected chi connectivity index (χ3v) is 4.02. The lowest BCUT2D eigenvalue weighted by molar-refractivity contribution is -0.119. The largest absolute Gasteiger partial charge is 0.353 e. The average molecular weight is 275 g/mol. The highest BCUT2D eigenvalue weighted by molar-refractivity contribution is 7.99. The summed E-state index contributed by atoms with van der Waals surface area (Å²) in [5.74, 6) is 0.923. The molecule has 7 heteroatoms. The highest BCUT2D eigenvalue weighted by Crippen LogP contribution is 2.21. The summed E-state index contributed by atoms with van der Waals surface area (Å²) in [5.41, 5.74) is 0.936. The van der Waals surface area contributed by atoms with Gasteiger partial charge in [0.05, 0.1) is 5.69 Å². The van der Waals surface area contributed by atoms with Crippen molar-refractivity contribution >= 4 is 17.7 Å². The summed E-state index contributed by atoms with van der Waals surface area (Å²) in [4.78, 5) is 11.1. The van der Waals surface area contributed by atoms with Crippen molar-refractivity contribution in [3.05, 3.63) is 30.3 Å². The molecule has 0 radical (unpaired) electrons. The van der Waals surface area contributed by atoms with Gasteiger partial charge in [-0.3, -0.25) is 4.79 Å². The Hall–Kier alpha value is -1.89. The molecule has 1 aromatic carbocycles. The standard InChI is InChI=1S/C12H13N5OS/c18-11-7-6-9(13-11)8-19-12-14-15-16-17(12)10-4-2-1-3-5-10/h1-5,9H,6-8H2,(H,13,18). The molecule has 1 N–H and O–H groups in total. The molecule has 1 aliphatic heterocycles. The number of rotatable bonds is 4. The third kappa shape index (κ3) is 2.76. The zero-order valence-corrected chi connectivity index (χ0v) is 11.0. The van der Waals surface area contributed by atoms with Crippen LogP contribution in [0.3, 0.4) is 0 Å².